The first kappa shape index (κ1) is 20.2. The summed E-state index contributed by atoms with van der Waals surface area (Å²) in [6.45, 7) is 1.74. The number of rotatable bonds is 2. The van der Waals surface area contributed by atoms with Crippen LogP contribution in [0.15, 0.2) is 71.9 Å². The Morgan fingerprint density at radius 1 is 1.10 bits per heavy atom. The largest absolute Gasteiger partial charge is 0.349 e. The summed E-state index contributed by atoms with van der Waals surface area (Å²) in [5.74, 6) is -1.68. The van der Waals surface area contributed by atoms with Gasteiger partial charge in [-0.3, -0.25) is 4.79 Å². The Labute approximate surface area is 178 Å². The van der Waals surface area contributed by atoms with E-state index < -0.39 is 17.8 Å². The van der Waals surface area contributed by atoms with E-state index >= 15 is 0 Å². The molecule has 2 heterocycles. The van der Waals surface area contributed by atoms with Gasteiger partial charge in [-0.1, -0.05) is 18.2 Å². The number of fused-ring (bicyclic) bond motifs is 1. The number of benzene rings is 2. The van der Waals surface area contributed by atoms with Crippen LogP contribution < -0.4 is 0 Å². The fourth-order valence-electron chi connectivity index (χ4n) is 3.55. The van der Waals surface area contributed by atoms with Gasteiger partial charge in [0.15, 0.2) is 0 Å². The zero-order valence-electron chi connectivity index (χ0n) is 16.9. The number of hydrazone groups is 1. The predicted octanol–water partition coefficient (Wildman–Crippen LogP) is 4.31. The molecule has 0 saturated heterocycles. The Bertz CT molecular complexity index is 1220. The topological polar surface area (TPSA) is 59.7 Å². The van der Waals surface area contributed by atoms with Crippen LogP contribution in [0.25, 0.3) is 11.3 Å². The van der Waals surface area contributed by atoms with Crippen molar-refractivity contribution < 1.29 is 13.6 Å². The molecule has 0 aromatic heterocycles. The molecule has 154 valence electrons. The van der Waals surface area contributed by atoms with Crippen LogP contribution in [0.4, 0.5) is 8.78 Å². The lowest BCUT2D eigenvalue weighted by Gasteiger charge is -2.39. The van der Waals surface area contributed by atoms with Crippen molar-refractivity contribution in [2.45, 2.75) is 13.1 Å². The number of hydrogen-bond donors (Lipinski definition) is 0. The van der Waals surface area contributed by atoms with E-state index in [1.165, 1.54) is 23.2 Å². The van der Waals surface area contributed by atoms with Crippen LogP contribution in [-0.4, -0.2) is 34.7 Å². The molecule has 1 unspecified atom stereocenters. The minimum atomic E-state index is -0.690. The van der Waals surface area contributed by atoms with E-state index in [4.69, 9.17) is 5.26 Å². The fraction of sp³-hybridized carbons (Fsp3) is 0.125. The van der Waals surface area contributed by atoms with Gasteiger partial charge in [-0.25, -0.2) is 13.8 Å². The highest BCUT2D eigenvalue weighted by Gasteiger charge is 2.33. The second-order valence-electron chi connectivity index (χ2n) is 7.25. The Morgan fingerprint density at radius 3 is 2.52 bits per heavy atom. The maximum absolute atomic E-state index is 14.5. The summed E-state index contributed by atoms with van der Waals surface area (Å²) in [7, 11) is 1.81. The number of carbonyl (C=O) groups is 1. The quantitative estimate of drug-likeness (QED) is 0.733. The maximum atomic E-state index is 14.5. The molecular formula is C24H18F2N4O. The van der Waals surface area contributed by atoms with E-state index in [1.807, 2.05) is 4.90 Å². The number of amides is 1. The highest BCUT2D eigenvalue weighted by Crippen LogP contribution is 2.31. The summed E-state index contributed by atoms with van der Waals surface area (Å²) < 4.78 is 27.9. The molecule has 1 amide bonds. The van der Waals surface area contributed by atoms with E-state index in [1.54, 1.807) is 56.5 Å². The monoisotopic (exact) mass is 416 g/mol. The average Bonchev–Trinajstić information content (AvgIpc) is 2.74. The normalized spacial score (nSPS) is 22.7. The van der Waals surface area contributed by atoms with Gasteiger partial charge in [0.1, 0.15) is 17.8 Å². The Balaban J connectivity index is 1.82. The van der Waals surface area contributed by atoms with Crippen molar-refractivity contribution in [1.82, 2.24) is 9.91 Å². The number of hydrogen-bond acceptors (Lipinski definition) is 4. The minimum Gasteiger partial charge on any atom is -0.349 e. The van der Waals surface area contributed by atoms with Crippen LogP contribution in [0.2, 0.25) is 0 Å². The first-order chi connectivity index (χ1) is 14.9. The molecule has 0 fully saturated rings. The van der Waals surface area contributed by atoms with Gasteiger partial charge in [-0.2, -0.15) is 10.4 Å². The zero-order valence-corrected chi connectivity index (χ0v) is 16.9. The molecular weight excluding hydrogens is 398 g/mol. The molecule has 2 aliphatic heterocycles. The zero-order chi connectivity index (χ0) is 22.1. The van der Waals surface area contributed by atoms with Crippen LogP contribution in [0.3, 0.4) is 0 Å². The predicted molar refractivity (Wildman–Crippen MR) is 114 cm³/mol. The number of allylic oxidation sites excluding steroid dienone is 3. The number of likely N-dealkylation sites (N-methyl/N-ethyl adjacent to an activating group) is 1. The van der Waals surface area contributed by atoms with Crippen molar-refractivity contribution in [1.29, 1.82) is 5.26 Å². The molecule has 0 saturated carbocycles. The van der Waals surface area contributed by atoms with Crippen LogP contribution in [0, 0.1) is 23.0 Å². The van der Waals surface area contributed by atoms with E-state index in [9.17, 15) is 13.6 Å². The molecule has 7 heteroatoms. The van der Waals surface area contributed by atoms with Crippen molar-refractivity contribution in [3.63, 3.8) is 0 Å². The van der Waals surface area contributed by atoms with Gasteiger partial charge in [-0.15, -0.1) is 0 Å². The maximum Gasteiger partial charge on any atom is 0.271 e. The van der Waals surface area contributed by atoms with Crippen molar-refractivity contribution >= 4 is 22.9 Å². The van der Waals surface area contributed by atoms with E-state index in [-0.39, 0.29) is 11.5 Å². The van der Waals surface area contributed by atoms with Gasteiger partial charge in [0, 0.05) is 24.8 Å². The third-order valence-electron chi connectivity index (χ3n) is 5.16. The Hall–Kier alpha value is -4.05. The average molecular weight is 416 g/mol. The van der Waals surface area contributed by atoms with E-state index in [0.717, 1.165) is 11.6 Å². The molecule has 2 aromatic rings. The highest BCUT2D eigenvalue weighted by atomic mass is 19.1. The SMILES string of the molecule is CC1=N/N2C(=O)C=C(c3ccc(C#N)cc3)N(C)C2/C=C(c2ccc(F)cc2F)/C=C\1. The second kappa shape index (κ2) is 8.00. The number of nitrogens with zero attached hydrogens (tertiary/aromatic N) is 4. The summed E-state index contributed by atoms with van der Waals surface area (Å²) in [4.78, 5) is 14.8. The van der Waals surface area contributed by atoms with Crippen LogP contribution in [0.5, 0.6) is 0 Å². The first-order valence-electron chi connectivity index (χ1n) is 9.56. The fourth-order valence-corrected chi connectivity index (χ4v) is 3.55. The second-order valence-corrected chi connectivity index (χ2v) is 7.25. The van der Waals surface area contributed by atoms with Crippen LogP contribution in [-0.2, 0) is 4.79 Å². The third kappa shape index (κ3) is 3.88. The molecule has 5 nitrogen and oxygen atoms in total. The molecule has 4 rings (SSSR count). The summed E-state index contributed by atoms with van der Waals surface area (Å²) in [5, 5.41) is 14.8. The molecule has 0 spiro atoms. The Kier molecular flexibility index (Phi) is 5.22. The smallest absolute Gasteiger partial charge is 0.271 e. The lowest BCUT2D eigenvalue weighted by atomic mass is 10.0. The summed E-state index contributed by atoms with van der Waals surface area (Å²) in [6, 6.07) is 12.4. The van der Waals surface area contributed by atoms with Crippen molar-refractivity contribution in [3.8, 4) is 6.07 Å². The lowest BCUT2D eigenvalue weighted by Crippen LogP contribution is -2.48. The van der Waals surface area contributed by atoms with Crippen molar-refractivity contribution in [2.75, 3.05) is 7.05 Å². The standard InChI is InChI=1S/C24H18F2N4O/c1-15-3-6-18(20-10-9-19(25)12-21(20)26)11-23-29(2)22(13-24(31)30(23)28-15)17-7-4-16(14-27)5-8-17/h3-13,23H,1-2H3/b6-3-,18-11-,28-15-. The molecule has 2 aliphatic rings. The molecule has 0 aliphatic carbocycles. The molecule has 0 bridgehead atoms. The lowest BCUT2D eigenvalue weighted by molar-refractivity contribution is -0.130. The number of halogens is 2. The molecule has 0 radical (unpaired) electrons. The van der Waals surface area contributed by atoms with Gasteiger partial charge in [0.2, 0.25) is 0 Å². The van der Waals surface area contributed by atoms with Gasteiger partial charge in [-0.05, 0) is 54.5 Å². The van der Waals surface area contributed by atoms with Gasteiger partial charge >= 0.3 is 0 Å². The van der Waals surface area contributed by atoms with Crippen molar-refractivity contribution in [2.24, 2.45) is 5.10 Å². The highest BCUT2D eigenvalue weighted by molar-refractivity contribution is 6.01. The first-order valence-corrected chi connectivity index (χ1v) is 9.56. The third-order valence-corrected chi connectivity index (χ3v) is 5.16. The van der Waals surface area contributed by atoms with Gasteiger partial charge in [0.25, 0.3) is 5.91 Å². The molecule has 31 heavy (non-hydrogen) atoms. The molecule has 0 N–H and O–H groups in total. The number of carbonyl (C=O) groups excluding carboxylic acids is 1. The number of nitriles is 1. The van der Waals surface area contributed by atoms with Gasteiger partial charge < -0.3 is 4.90 Å². The van der Waals surface area contributed by atoms with Gasteiger partial charge in [0.05, 0.1) is 23.0 Å². The van der Waals surface area contributed by atoms with E-state index in [2.05, 4.69) is 11.2 Å². The summed E-state index contributed by atoms with van der Waals surface area (Å²) in [5.41, 5.74) is 3.21. The van der Waals surface area contributed by atoms with Crippen LogP contribution in [0.1, 0.15) is 23.6 Å². The molecule has 1 atom stereocenters. The van der Waals surface area contributed by atoms with Crippen molar-refractivity contribution in [3.05, 3.63) is 95.1 Å². The summed E-state index contributed by atoms with van der Waals surface area (Å²) in [6.07, 6.45) is 5.94. The van der Waals surface area contributed by atoms with E-state index in [0.29, 0.717) is 22.5 Å². The molecule has 2 aromatic carbocycles. The minimum absolute atomic E-state index is 0.225. The summed E-state index contributed by atoms with van der Waals surface area (Å²) >= 11 is 0. The van der Waals surface area contributed by atoms with Crippen LogP contribution >= 0.6 is 0 Å². The Morgan fingerprint density at radius 2 is 1.84 bits per heavy atom.